The van der Waals surface area contributed by atoms with E-state index in [1.807, 2.05) is 24.3 Å². The van der Waals surface area contributed by atoms with Crippen LogP contribution < -0.4 is 15.4 Å². The Morgan fingerprint density at radius 2 is 2.04 bits per heavy atom. The lowest BCUT2D eigenvalue weighted by atomic mass is 10.0. The summed E-state index contributed by atoms with van der Waals surface area (Å²) in [6, 6.07) is 16.8. The van der Waals surface area contributed by atoms with Gasteiger partial charge in [-0.1, -0.05) is 43.3 Å². The smallest absolute Gasteiger partial charge is 0.234 e. The van der Waals surface area contributed by atoms with Crippen LogP contribution >= 0.6 is 0 Å². The van der Waals surface area contributed by atoms with E-state index in [-0.39, 0.29) is 11.9 Å². The zero-order chi connectivity index (χ0) is 19.1. The second kappa shape index (κ2) is 9.53. The molecule has 1 fully saturated rings. The Balaban J connectivity index is 1.58. The van der Waals surface area contributed by atoms with Crippen molar-refractivity contribution in [1.29, 1.82) is 0 Å². The molecule has 2 N–H and O–H groups in total. The average Bonchev–Trinajstić information content (AvgIpc) is 2.73. The van der Waals surface area contributed by atoms with E-state index in [1.54, 1.807) is 7.11 Å². The molecular formula is C22H29N3O2. The van der Waals surface area contributed by atoms with E-state index in [1.165, 1.54) is 11.1 Å². The van der Waals surface area contributed by atoms with Crippen LogP contribution in [0.1, 0.15) is 29.7 Å². The minimum absolute atomic E-state index is 0.0508. The van der Waals surface area contributed by atoms with Crippen molar-refractivity contribution in [2.45, 2.75) is 25.9 Å². The van der Waals surface area contributed by atoms with E-state index in [9.17, 15) is 4.79 Å². The van der Waals surface area contributed by atoms with Crippen LogP contribution in [0.25, 0.3) is 0 Å². The van der Waals surface area contributed by atoms with Gasteiger partial charge in [-0.25, -0.2) is 0 Å². The Kier molecular flexibility index (Phi) is 6.85. The number of hydrogen-bond donors (Lipinski definition) is 2. The van der Waals surface area contributed by atoms with Gasteiger partial charge in [-0.05, 0) is 35.2 Å². The highest BCUT2D eigenvalue weighted by molar-refractivity contribution is 5.78. The van der Waals surface area contributed by atoms with Crippen molar-refractivity contribution in [2.24, 2.45) is 0 Å². The summed E-state index contributed by atoms with van der Waals surface area (Å²) in [5, 5.41) is 6.48. The summed E-state index contributed by atoms with van der Waals surface area (Å²) in [6.45, 7) is 5.73. The summed E-state index contributed by atoms with van der Waals surface area (Å²) in [6.07, 6.45) is 1.04. The number of piperazine rings is 1. The van der Waals surface area contributed by atoms with Gasteiger partial charge in [0.15, 0.2) is 0 Å². The first kappa shape index (κ1) is 19.4. The molecule has 1 amide bonds. The highest BCUT2D eigenvalue weighted by Crippen LogP contribution is 2.22. The van der Waals surface area contributed by atoms with E-state index in [2.05, 4.69) is 46.7 Å². The second-order valence-corrected chi connectivity index (χ2v) is 6.91. The Bertz CT molecular complexity index is 745. The molecule has 0 aliphatic carbocycles. The number of amides is 1. The van der Waals surface area contributed by atoms with E-state index in [0.717, 1.165) is 37.4 Å². The Morgan fingerprint density at radius 3 is 2.78 bits per heavy atom. The summed E-state index contributed by atoms with van der Waals surface area (Å²) in [5.74, 6) is 0.856. The summed E-state index contributed by atoms with van der Waals surface area (Å²) in [7, 11) is 1.65. The van der Waals surface area contributed by atoms with Gasteiger partial charge in [0.25, 0.3) is 0 Å². The molecule has 0 spiro atoms. The Hall–Kier alpha value is -2.37. The lowest BCUT2D eigenvalue weighted by Crippen LogP contribution is -2.49. The van der Waals surface area contributed by atoms with Gasteiger partial charge in [0.2, 0.25) is 5.91 Å². The van der Waals surface area contributed by atoms with Gasteiger partial charge < -0.3 is 15.4 Å². The van der Waals surface area contributed by atoms with E-state index in [4.69, 9.17) is 4.74 Å². The number of nitrogens with one attached hydrogen (secondary N) is 2. The van der Waals surface area contributed by atoms with Crippen LogP contribution in [0.4, 0.5) is 0 Å². The number of nitrogens with zero attached hydrogens (tertiary/aromatic N) is 1. The molecule has 27 heavy (non-hydrogen) atoms. The summed E-state index contributed by atoms with van der Waals surface area (Å²) in [5.41, 5.74) is 3.64. The highest BCUT2D eigenvalue weighted by Gasteiger charge is 2.25. The van der Waals surface area contributed by atoms with Crippen molar-refractivity contribution in [3.8, 4) is 5.75 Å². The first-order chi connectivity index (χ1) is 13.2. The van der Waals surface area contributed by atoms with Crippen LogP contribution in [0, 0.1) is 0 Å². The molecule has 0 radical (unpaired) electrons. The average molecular weight is 367 g/mol. The van der Waals surface area contributed by atoms with Crippen molar-refractivity contribution in [2.75, 3.05) is 33.3 Å². The Morgan fingerprint density at radius 1 is 1.22 bits per heavy atom. The number of carbonyl (C=O) groups excluding carboxylic acids is 1. The van der Waals surface area contributed by atoms with E-state index >= 15 is 0 Å². The quantitative estimate of drug-likeness (QED) is 0.790. The molecule has 3 rings (SSSR count). The molecule has 0 bridgehead atoms. The molecule has 1 unspecified atom stereocenters. The van der Waals surface area contributed by atoms with Gasteiger partial charge >= 0.3 is 0 Å². The van der Waals surface area contributed by atoms with Gasteiger partial charge in [0, 0.05) is 32.2 Å². The molecule has 1 saturated heterocycles. The maximum Gasteiger partial charge on any atom is 0.234 e. The molecule has 5 nitrogen and oxygen atoms in total. The van der Waals surface area contributed by atoms with Crippen molar-refractivity contribution in [1.82, 2.24) is 15.5 Å². The van der Waals surface area contributed by atoms with E-state index in [0.29, 0.717) is 13.1 Å². The molecule has 1 aliphatic rings. The summed E-state index contributed by atoms with van der Waals surface area (Å²) >= 11 is 0. The number of methoxy groups -OCH3 is 1. The normalized spacial score (nSPS) is 17.5. The van der Waals surface area contributed by atoms with Crippen LogP contribution in [0.3, 0.4) is 0 Å². The van der Waals surface area contributed by atoms with Gasteiger partial charge in [-0.3, -0.25) is 9.69 Å². The number of ether oxygens (including phenoxy) is 1. The molecule has 144 valence electrons. The van der Waals surface area contributed by atoms with Crippen LogP contribution in [-0.4, -0.2) is 44.1 Å². The maximum atomic E-state index is 12.5. The van der Waals surface area contributed by atoms with Crippen LogP contribution in [0.5, 0.6) is 5.75 Å². The number of carbonyl (C=O) groups is 1. The van der Waals surface area contributed by atoms with E-state index < -0.39 is 0 Å². The predicted molar refractivity (Wildman–Crippen MR) is 108 cm³/mol. The summed E-state index contributed by atoms with van der Waals surface area (Å²) in [4.78, 5) is 14.8. The summed E-state index contributed by atoms with van der Waals surface area (Å²) < 4.78 is 5.23. The minimum atomic E-state index is 0.0508. The van der Waals surface area contributed by atoms with Gasteiger partial charge in [-0.2, -0.15) is 0 Å². The molecule has 1 heterocycles. The Labute approximate surface area is 161 Å². The fraction of sp³-hybridized carbons (Fsp3) is 0.409. The van der Waals surface area contributed by atoms with Crippen molar-refractivity contribution in [3.63, 3.8) is 0 Å². The van der Waals surface area contributed by atoms with Crippen molar-refractivity contribution in [3.05, 3.63) is 65.2 Å². The van der Waals surface area contributed by atoms with Crippen LogP contribution in [0.2, 0.25) is 0 Å². The SMILES string of the molecule is CCc1ccc(C2CNCCN2CC(=O)NCc2cccc(OC)c2)cc1. The van der Waals surface area contributed by atoms with Gasteiger partial charge in [-0.15, -0.1) is 0 Å². The topological polar surface area (TPSA) is 53.6 Å². The zero-order valence-electron chi connectivity index (χ0n) is 16.2. The molecule has 2 aromatic rings. The number of aryl methyl sites for hydroxylation is 1. The fourth-order valence-corrected chi connectivity index (χ4v) is 3.46. The molecular weight excluding hydrogens is 338 g/mol. The largest absolute Gasteiger partial charge is 0.497 e. The third-order valence-corrected chi connectivity index (χ3v) is 5.10. The van der Waals surface area contributed by atoms with Crippen LogP contribution in [0.15, 0.2) is 48.5 Å². The standard InChI is InChI=1S/C22H29N3O2/c1-3-17-7-9-19(10-8-17)21-15-23-11-12-25(21)16-22(26)24-14-18-5-4-6-20(13-18)27-2/h4-10,13,21,23H,3,11-12,14-16H2,1-2H3,(H,24,26). The maximum absolute atomic E-state index is 12.5. The first-order valence-corrected chi connectivity index (χ1v) is 9.63. The lowest BCUT2D eigenvalue weighted by molar-refractivity contribution is -0.123. The molecule has 1 aliphatic heterocycles. The van der Waals surface area contributed by atoms with Crippen LogP contribution in [-0.2, 0) is 17.8 Å². The first-order valence-electron chi connectivity index (χ1n) is 9.63. The van der Waals surface area contributed by atoms with Gasteiger partial charge in [0.05, 0.1) is 13.7 Å². The molecule has 2 aromatic carbocycles. The van der Waals surface area contributed by atoms with Crippen molar-refractivity contribution < 1.29 is 9.53 Å². The molecule has 1 atom stereocenters. The minimum Gasteiger partial charge on any atom is -0.497 e. The third-order valence-electron chi connectivity index (χ3n) is 5.10. The highest BCUT2D eigenvalue weighted by atomic mass is 16.5. The van der Waals surface area contributed by atoms with Gasteiger partial charge in [0.1, 0.15) is 5.75 Å². The predicted octanol–water partition coefficient (Wildman–Crippen LogP) is 2.52. The van der Waals surface area contributed by atoms with Crippen molar-refractivity contribution >= 4 is 5.91 Å². The lowest BCUT2D eigenvalue weighted by Gasteiger charge is -2.36. The number of benzene rings is 2. The molecule has 0 saturated carbocycles. The monoisotopic (exact) mass is 367 g/mol. The zero-order valence-corrected chi connectivity index (χ0v) is 16.2. The number of rotatable bonds is 7. The molecule has 5 heteroatoms. The third kappa shape index (κ3) is 5.31. The molecule has 0 aromatic heterocycles. The number of hydrogen-bond acceptors (Lipinski definition) is 4. The second-order valence-electron chi connectivity index (χ2n) is 6.91. The fourth-order valence-electron chi connectivity index (χ4n) is 3.46.